The van der Waals surface area contributed by atoms with Gasteiger partial charge >= 0.3 is 6.18 Å². The lowest BCUT2D eigenvalue weighted by Crippen LogP contribution is -2.28. The summed E-state index contributed by atoms with van der Waals surface area (Å²) in [5, 5.41) is 0. The minimum absolute atomic E-state index is 0.0210. The molecule has 0 rings (SSSR count). The Morgan fingerprint density at radius 3 is 2.20 bits per heavy atom. The van der Waals surface area contributed by atoms with Crippen molar-refractivity contribution in [1.29, 1.82) is 0 Å². The number of hydrogen-bond acceptors (Lipinski definition) is 1. The molecule has 0 heterocycles. The molecule has 0 amide bonds. The monoisotopic (exact) mass is 378 g/mol. The third-order valence-corrected chi connectivity index (χ3v) is 4.04. The summed E-state index contributed by atoms with van der Waals surface area (Å²) in [4.78, 5) is 0. The fourth-order valence-corrected chi connectivity index (χ4v) is 2.12. The molecule has 0 aliphatic rings. The van der Waals surface area contributed by atoms with Crippen molar-refractivity contribution in [2.75, 3.05) is 18.4 Å². The second-order valence-corrected chi connectivity index (χ2v) is 5.17. The molecule has 1 nitrogen and oxygen atoms in total. The summed E-state index contributed by atoms with van der Waals surface area (Å²) >= 11 is 13.3. The van der Waals surface area contributed by atoms with E-state index in [1.165, 1.54) is 0 Å². The normalized spacial score (nSPS) is 16.4. The number of ether oxygens (including phenoxy) is 1. The predicted molar refractivity (Wildman–Crippen MR) is 64.3 cm³/mol. The zero-order valence-electron chi connectivity index (χ0n) is 7.87. The average Bonchev–Trinajstić information content (AvgIpc) is 2.15. The van der Waals surface area contributed by atoms with Crippen LogP contribution in [0.2, 0.25) is 0 Å². The van der Waals surface area contributed by atoms with E-state index in [9.17, 15) is 13.2 Å². The van der Waals surface area contributed by atoms with Gasteiger partial charge in [-0.15, -0.1) is 23.2 Å². The summed E-state index contributed by atoms with van der Waals surface area (Å²) in [5.74, 6) is 0.615. The Hall–Kier alpha value is 1.06. The molecule has 0 N–H and O–H groups in total. The first-order valence-corrected chi connectivity index (χ1v) is 6.66. The first kappa shape index (κ1) is 16.1. The number of rotatable bonds is 7. The van der Waals surface area contributed by atoms with Crippen molar-refractivity contribution in [2.45, 2.75) is 29.0 Å². The SMILES string of the molecule is FC(F)(F)CCCOC(CCl)C(I)CCl. The molecule has 15 heavy (non-hydrogen) atoms. The molecule has 2 unspecified atom stereocenters. The Morgan fingerprint density at radius 1 is 1.20 bits per heavy atom. The van der Waals surface area contributed by atoms with Crippen LogP contribution in [-0.2, 0) is 4.74 Å². The molecule has 7 heteroatoms. The summed E-state index contributed by atoms with van der Waals surface area (Å²) in [7, 11) is 0. The van der Waals surface area contributed by atoms with Crippen LogP contribution in [0.3, 0.4) is 0 Å². The molecule has 0 aromatic rings. The second-order valence-electron chi connectivity index (χ2n) is 2.95. The molecule has 2 atom stereocenters. The molecule has 0 spiro atoms. The van der Waals surface area contributed by atoms with Gasteiger partial charge in [-0.25, -0.2) is 0 Å². The van der Waals surface area contributed by atoms with Crippen molar-refractivity contribution in [3.05, 3.63) is 0 Å². The topological polar surface area (TPSA) is 9.23 Å². The third kappa shape index (κ3) is 8.83. The molecule has 0 saturated heterocycles. The van der Waals surface area contributed by atoms with E-state index in [0.29, 0.717) is 5.88 Å². The van der Waals surface area contributed by atoms with Crippen molar-refractivity contribution < 1.29 is 17.9 Å². The van der Waals surface area contributed by atoms with Crippen LogP contribution in [-0.4, -0.2) is 34.6 Å². The van der Waals surface area contributed by atoms with Crippen LogP contribution in [0, 0.1) is 0 Å². The van der Waals surface area contributed by atoms with Crippen LogP contribution < -0.4 is 0 Å². The third-order valence-electron chi connectivity index (χ3n) is 1.64. The molecule has 0 radical (unpaired) electrons. The Morgan fingerprint density at radius 2 is 1.80 bits per heavy atom. The summed E-state index contributed by atoms with van der Waals surface area (Å²) in [6, 6.07) is 0. The summed E-state index contributed by atoms with van der Waals surface area (Å²) in [6.45, 7) is 0.0628. The zero-order chi connectivity index (χ0) is 11.9. The molecular weight excluding hydrogens is 367 g/mol. The molecule has 0 aromatic carbocycles. The zero-order valence-corrected chi connectivity index (χ0v) is 11.5. The van der Waals surface area contributed by atoms with Crippen LogP contribution >= 0.6 is 45.8 Å². The molecule has 0 aliphatic carbocycles. The Balaban J connectivity index is 3.64. The second kappa shape index (κ2) is 8.20. The van der Waals surface area contributed by atoms with Gasteiger partial charge in [0.2, 0.25) is 0 Å². The van der Waals surface area contributed by atoms with Crippen LogP contribution in [0.15, 0.2) is 0 Å². The van der Waals surface area contributed by atoms with Gasteiger partial charge < -0.3 is 4.74 Å². The first-order chi connectivity index (χ1) is 6.90. The van der Waals surface area contributed by atoms with E-state index in [0.717, 1.165) is 0 Å². The highest BCUT2D eigenvalue weighted by Crippen LogP contribution is 2.22. The fraction of sp³-hybridized carbons (Fsp3) is 1.00. The van der Waals surface area contributed by atoms with E-state index in [1.807, 2.05) is 0 Å². The molecule has 0 bridgehead atoms. The van der Waals surface area contributed by atoms with Gasteiger partial charge in [0, 0.05) is 24.8 Å². The lowest BCUT2D eigenvalue weighted by molar-refractivity contribution is -0.138. The largest absolute Gasteiger partial charge is 0.389 e. The Kier molecular flexibility index (Phi) is 8.77. The summed E-state index contributed by atoms with van der Waals surface area (Å²) in [6.07, 6.45) is -5.26. The number of hydrogen-bond donors (Lipinski definition) is 0. The highest BCUT2D eigenvalue weighted by atomic mass is 127. The van der Waals surface area contributed by atoms with E-state index < -0.39 is 12.6 Å². The minimum atomic E-state index is -4.12. The maximum Gasteiger partial charge on any atom is 0.389 e. The predicted octanol–water partition coefficient (Wildman–Crippen LogP) is 4.00. The molecular formula is C8H12Cl2F3IO. The maximum atomic E-state index is 11.8. The standard InChI is InChI=1S/C8H12Cl2F3IO/c9-4-6(14)7(5-10)15-3-1-2-8(11,12)13/h6-7H,1-5H2. The van der Waals surface area contributed by atoms with Crippen molar-refractivity contribution in [3.63, 3.8) is 0 Å². The molecule has 0 aromatic heterocycles. The quantitative estimate of drug-likeness (QED) is 0.369. The number of halogens is 6. The fourth-order valence-electron chi connectivity index (χ4n) is 0.852. The van der Waals surface area contributed by atoms with Gasteiger partial charge in [0.25, 0.3) is 0 Å². The van der Waals surface area contributed by atoms with Gasteiger partial charge in [0.15, 0.2) is 0 Å². The van der Waals surface area contributed by atoms with Crippen LogP contribution in [0.4, 0.5) is 13.2 Å². The van der Waals surface area contributed by atoms with Crippen molar-refractivity contribution in [3.8, 4) is 0 Å². The van der Waals surface area contributed by atoms with E-state index in [-0.39, 0.29) is 28.9 Å². The lowest BCUT2D eigenvalue weighted by Gasteiger charge is -2.19. The van der Waals surface area contributed by atoms with E-state index in [1.54, 1.807) is 0 Å². The van der Waals surface area contributed by atoms with Gasteiger partial charge in [-0.3, -0.25) is 0 Å². The van der Waals surface area contributed by atoms with Crippen molar-refractivity contribution in [1.82, 2.24) is 0 Å². The van der Waals surface area contributed by atoms with Gasteiger partial charge in [0.05, 0.1) is 10.0 Å². The molecule has 92 valence electrons. The minimum Gasteiger partial charge on any atom is -0.376 e. The molecule has 0 fully saturated rings. The smallest absolute Gasteiger partial charge is 0.376 e. The van der Waals surface area contributed by atoms with Crippen LogP contribution in [0.5, 0.6) is 0 Å². The maximum absolute atomic E-state index is 11.8. The van der Waals surface area contributed by atoms with Gasteiger partial charge in [0.1, 0.15) is 0 Å². The molecule has 0 aliphatic heterocycles. The van der Waals surface area contributed by atoms with Crippen LogP contribution in [0.1, 0.15) is 12.8 Å². The Bertz CT molecular complexity index is 168. The van der Waals surface area contributed by atoms with Gasteiger partial charge in [-0.2, -0.15) is 13.2 Å². The summed E-state index contributed by atoms with van der Waals surface area (Å²) < 4.78 is 40.6. The van der Waals surface area contributed by atoms with Crippen LogP contribution in [0.25, 0.3) is 0 Å². The van der Waals surface area contributed by atoms with E-state index in [2.05, 4.69) is 22.6 Å². The first-order valence-electron chi connectivity index (χ1n) is 4.35. The summed E-state index contributed by atoms with van der Waals surface area (Å²) in [5.41, 5.74) is 0. The number of alkyl halides is 6. The van der Waals surface area contributed by atoms with E-state index >= 15 is 0 Å². The van der Waals surface area contributed by atoms with Gasteiger partial charge in [-0.05, 0) is 6.42 Å². The highest BCUT2D eigenvalue weighted by Gasteiger charge is 2.26. The van der Waals surface area contributed by atoms with Crippen molar-refractivity contribution in [2.24, 2.45) is 0 Å². The van der Waals surface area contributed by atoms with Crippen molar-refractivity contribution >= 4 is 45.8 Å². The average molecular weight is 379 g/mol. The molecule has 0 saturated carbocycles. The highest BCUT2D eigenvalue weighted by molar-refractivity contribution is 14.1. The Labute approximate surface area is 111 Å². The van der Waals surface area contributed by atoms with E-state index in [4.69, 9.17) is 27.9 Å². The van der Waals surface area contributed by atoms with Gasteiger partial charge in [-0.1, -0.05) is 22.6 Å². The lowest BCUT2D eigenvalue weighted by atomic mass is 10.3.